The zero-order valence-electron chi connectivity index (χ0n) is 19.0. The minimum atomic E-state index is -1.08. The number of Topliss-reactive ketones (excluding diaryl/α,β-unsaturated/α-hetero) is 1. The lowest BCUT2D eigenvalue weighted by Crippen LogP contribution is -2.15. The van der Waals surface area contributed by atoms with Gasteiger partial charge < -0.3 is 9.84 Å². The van der Waals surface area contributed by atoms with Gasteiger partial charge in [0.05, 0.1) is 29.5 Å². The topological polar surface area (TPSA) is 80.9 Å². The Morgan fingerprint density at radius 2 is 1.91 bits per heavy atom. The van der Waals surface area contributed by atoms with Gasteiger partial charge in [0, 0.05) is 17.5 Å². The lowest BCUT2D eigenvalue weighted by Gasteiger charge is -2.18. The van der Waals surface area contributed by atoms with Gasteiger partial charge in [0.2, 0.25) is 0 Å². The average molecular weight is 471 g/mol. The summed E-state index contributed by atoms with van der Waals surface area (Å²) in [5, 5.41) is 16.2. The van der Waals surface area contributed by atoms with Gasteiger partial charge in [0.25, 0.3) is 0 Å². The molecule has 0 fully saturated rings. The van der Waals surface area contributed by atoms with Gasteiger partial charge in [0.1, 0.15) is 18.0 Å². The monoisotopic (exact) mass is 470 g/mol. The number of esters is 1. The maximum Gasteiger partial charge on any atom is 0.313 e. The maximum atomic E-state index is 13.6. The number of nitrogens with zero attached hydrogens (tertiary/aromatic N) is 2. The molecule has 2 aromatic heterocycles. The van der Waals surface area contributed by atoms with Crippen LogP contribution < -0.4 is 0 Å². The number of thioether (sulfide) groups is 1. The molecule has 0 aliphatic heterocycles. The van der Waals surface area contributed by atoms with E-state index in [-0.39, 0.29) is 24.6 Å². The number of aliphatic hydroxyl groups excluding tert-OH is 1. The molecule has 0 saturated carbocycles. The van der Waals surface area contributed by atoms with Crippen LogP contribution in [0, 0.1) is 5.82 Å². The van der Waals surface area contributed by atoms with Gasteiger partial charge in [0.15, 0.2) is 0 Å². The number of halogens is 1. The Labute approximate surface area is 196 Å². The highest BCUT2D eigenvalue weighted by Gasteiger charge is 2.20. The molecule has 0 amide bonds. The fourth-order valence-corrected chi connectivity index (χ4v) is 4.22. The number of ketones is 1. The molecule has 2 heterocycles. The number of hydrogen-bond donors (Lipinski definition) is 1. The molecule has 174 valence electrons. The van der Waals surface area contributed by atoms with E-state index in [1.54, 1.807) is 30.0 Å². The van der Waals surface area contributed by atoms with E-state index in [1.807, 2.05) is 22.9 Å². The first-order valence-corrected chi connectivity index (χ1v) is 11.8. The SMILES string of the molecule is COC(=O)CC(=O)CC(O)C=Cc1c(-c2ccc(F)cc2)nn2c(SC)ccc2c1C(C)C. The van der Waals surface area contributed by atoms with Crippen LogP contribution in [0.4, 0.5) is 4.39 Å². The van der Waals surface area contributed by atoms with Gasteiger partial charge in [-0.05, 0) is 54.1 Å². The Bertz CT molecular complexity index is 1190. The summed E-state index contributed by atoms with van der Waals surface area (Å²) in [6, 6.07) is 10.1. The molecule has 0 bridgehead atoms. The van der Waals surface area contributed by atoms with Crippen LogP contribution in [0.3, 0.4) is 0 Å². The third kappa shape index (κ3) is 5.69. The Balaban J connectivity index is 2.10. The fraction of sp³-hybridized carbons (Fsp3) is 0.320. The van der Waals surface area contributed by atoms with Crippen molar-refractivity contribution in [2.75, 3.05) is 13.4 Å². The molecule has 1 unspecified atom stereocenters. The summed E-state index contributed by atoms with van der Waals surface area (Å²) in [5.74, 6) is -1.26. The number of aromatic nitrogens is 2. The van der Waals surface area contributed by atoms with Gasteiger partial charge >= 0.3 is 5.97 Å². The highest BCUT2D eigenvalue weighted by Crippen LogP contribution is 2.35. The number of rotatable bonds is 9. The molecule has 0 saturated heterocycles. The van der Waals surface area contributed by atoms with Crippen LogP contribution in [-0.4, -0.2) is 45.9 Å². The average Bonchev–Trinajstić information content (AvgIpc) is 3.19. The fourth-order valence-electron chi connectivity index (χ4n) is 3.70. The van der Waals surface area contributed by atoms with Crippen molar-refractivity contribution in [1.82, 2.24) is 9.61 Å². The molecular formula is C25H27FN2O4S. The Morgan fingerprint density at radius 1 is 1.21 bits per heavy atom. The minimum absolute atomic E-state index is 0.122. The molecule has 1 atom stereocenters. The number of aliphatic hydroxyl groups is 1. The normalized spacial score (nSPS) is 12.6. The Morgan fingerprint density at radius 3 is 2.52 bits per heavy atom. The largest absolute Gasteiger partial charge is 0.469 e. The van der Waals surface area contributed by atoms with Crippen LogP contribution in [0.5, 0.6) is 0 Å². The van der Waals surface area contributed by atoms with E-state index in [4.69, 9.17) is 5.10 Å². The number of benzene rings is 1. The van der Waals surface area contributed by atoms with Crippen molar-refractivity contribution in [2.45, 2.75) is 43.7 Å². The second-order valence-corrected chi connectivity index (χ2v) is 8.76. The molecule has 3 aromatic rings. The zero-order chi connectivity index (χ0) is 24.1. The van der Waals surface area contributed by atoms with E-state index >= 15 is 0 Å². The summed E-state index contributed by atoms with van der Waals surface area (Å²) >= 11 is 1.58. The van der Waals surface area contributed by atoms with Crippen LogP contribution in [0.1, 0.15) is 43.7 Å². The first-order chi connectivity index (χ1) is 15.7. The molecule has 0 radical (unpaired) electrons. The Hall–Kier alpha value is -2.97. The number of carbonyl (C=O) groups excluding carboxylic acids is 2. The van der Waals surface area contributed by atoms with Crippen LogP contribution >= 0.6 is 11.8 Å². The van der Waals surface area contributed by atoms with Crippen molar-refractivity contribution < 1.29 is 23.8 Å². The number of ether oxygens (including phenoxy) is 1. The second-order valence-electron chi connectivity index (χ2n) is 7.93. The molecule has 3 rings (SSSR count). The summed E-state index contributed by atoms with van der Waals surface area (Å²) in [6.07, 6.45) is 3.60. The molecule has 0 spiro atoms. The van der Waals surface area contributed by atoms with E-state index < -0.39 is 17.9 Å². The lowest BCUT2D eigenvalue weighted by atomic mass is 9.93. The summed E-state index contributed by atoms with van der Waals surface area (Å²) in [5.41, 5.74) is 4.12. The predicted octanol–water partition coefficient (Wildman–Crippen LogP) is 4.88. The van der Waals surface area contributed by atoms with E-state index in [2.05, 4.69) is 18.6 Å². The number of methoxy groups -OCH3 is 1. The van der Waals surface area contributed by atoms with Gasteiger partial charge in [-0.1, -0.05) is 26.0 Å². The molecular weight excluding hydrogens is 443 g/mol. The first-order valence-electron chi connectivity index (χ1n) is 10.6. The van der Waals surface area contributed by atoms with Gasteiger partial charge in [-0.15, -0.1) is 11.8 Å². The van der Waals surface area contributed by atoms with E-state index in [0.717, 1.165) is 27.2 Å². The van der Waals surface area contributed by atoms with Gasteiger partial charge in [-0.25, -0.2) is 8.91 Å². The summed E-state index contributed by atoms with van der Waals surface area (Å²) in [7, 11) is 1.21. The predicted molar refractivity (Wildman–Crippen MR) is 128 cm³/mol. The van der Waals surface area contributed by atoms with Crippen molar-refractivity contribution in [3.05, 3.63) is 59.4 Å². The van der Waals surface area contributed by atoms with Gasteiger partial charge in [-0.2, -0.15) is 5.10 Å². The third-order valence-corrected chi connectivity index (χ3v) is 5.96. The molecule has 1 aromatic carbocycles. The van der Waals surface area contributed by atoms with E-state index in [1.165, 1.54) is 25.3 Å². The van der Waals surface area contributed by atoms with Crippen molar-refractivity contribution >= 4 is 35.1 Å². The third-order valence-electron chi connectivity index (χ3n) is 5.24. The Kier molecular flexibility index (Phi) is 8.05. The smallest absolute Gasteiger partial charge is 0.313 e. The molecule has 0 aliphatic carbocycles. The molecule has 6 nitrogen and oxygen atoms in total. The van der Waals surface area contributed by atoms with Crippen molar-refractivity contribution in [3.63, 3.8) is 0 Å². The van der Waals surface area contributed by atoms with Crippen LogP contribution in [0.2, 0.25) is 0 Å². The van der Waals surface area contributed by atoms with Gasteiger partial charge in [-0.3, -0.25) is 9.59 Å². The zero-order valence-corrected chi connectivity index (χ0v) is 19.9. The first kappa shape index (κ1) is 24.7. The molecule has 1 N–H and O–H groups in total. The standard InChI is InChI=1S/C25H27FN2O4S/c1-15(2)24-20(10-9-18(29)13-19(30)14-23(31)32-3)25(16-5-7-17(26)8-6-16)27-28-21(24)11-12-22(28)33-4/h5-12,15,18,29H,13-14H2,1-4H3. The van der Waals surface area contributed by atoms with Crippen LogP contribution in [-0.2, 0) is 14.3 Å². The molecule has 33 heavy (non-hydrogen) atoms. The molecule has 8 heteroatoms. The summed E-state index contributed by atoms with van der Waals surface area (Å²) < 4.78 is 20.0. The summed E-state index contributed by atoms with van der Waals surface area (Å²) in [4.78, 5) is 23.3. The summed E-state index contributed by atoms with van der Waals surface area (Å²) in [6.45, 7) is 4.15. The highest BCUT2D eigenvalue weighted by molar-refractivity contribution is 7.98. The van der Waals surface area contributed by atoms with Crippen molar-refractivity contribution in [1.29, 1.82) is 0 Å². The number of carbonyl (C=O) groups is 2. The quantitative estimate of drug-likeness (QED) is 0.273. The van der Waals surface area contributed by atoms with Crippen LogP contribution in [0.25, 0.3) is 22.9 Å². The maximum absolute atomic E-state index is 13.6. The molecule has 0 aliphatic rings. The van der Waals surface area contributed by atoms with Crippen molar-refractivity contribution in [3.8, 4) is 11.3 Å². The van der Waals surface area contributed by atoms with E-state index in [9.17, 15) is 19.1 Å². The second kappa shape index (κ2) is 10.8. The highest BCUT2D eigenvalue weighted by atomic mass is 32.2. The minimum Gasteiger partial charge on any atom is -0.469 e. The van der Waals surface area contributed by atoms with E-state index in [0.29, 0.717) is 5.69 Å². The number of fused-ring (bicyclic) bond motifs is 1. The lowest BCUT2D eigenvalue weighted by molar-refractivity contribution is -0.143. The number of hydrogen-bond acceptors (Lipinski definition) is 6. The van der Waals surface area contributed by atoms with Crippen LogP contribution in [0.15, 0.2) is 47.5 Å². The van der Waals surface area contributed by atoms with Crippen molar-refractivity contribution in [2.24, 2.45) is 0 Å².